The predicted octanol–water partition coefficient (Wildman–Crippen LogP) is 3.51. The number of anilines is 1. The van der Waals surface area contributed by atoms with Crippen molar-refractivity contribution in [3.8, 4) is 5.75 Å². The lowest BCUT2D eigenvalue weighted by atomic mass is 9.97. The highest BCUT2D eigenvalue weighted by molar-refractivity contribution is 5.80. The van der Waals surface area contributed by atoms with Gasteiger partial charge in [0.05, 0.1) is 26.4 Å². The van der Waals surface area contributed by atoms with E-state index in [-0.39, 0.29) is 24.9 Å². The first kappa shape index (κ1) is 26.6. The molecule has 0 aliphatic carbocycles. The van der Waals surface area contributed by atoms with E-state index in [4.69, 9.17) is 14.2 Å². The number of benzene rings is 1. The van der Waals surface area contributed by atoms with Crippen LogP contribution in [0.5, 0.6) is 5.75 Å². The van der Waals surface area contributed by atoms with Crippen molar-refractivity contribution in [2.24, 2.45) is 5.92 Å². The van der Waals surface area contributed by atoms with Crippen molar-refractivity contribution in [1.29, 1.82) is 0 Å². The van der Waals surface area contributed by atoms with E-state index in [1.807, 2.05) is 26.0 Å². The van der Waals surface area contributed by atoms with Gasteiger partial charge in [-0.25, -0.2) is 9.59 Å². The molecule has 176 valence electrons. The molecule has 0 radical (unpaired) electrons. The molecule has 0 bridgehead atoms. The predicted molar refractivity (Wildman–Crippen MR) is 120 cm³/mol. The van der Waals surface area contributed by atoms with Gasteiger partial charge < -0.3 is 30.0 Å². The van der Waals surface area contributed by atoms with Gasteiger partial charge in [-0.05, 0) is 45.7 Å². The van der Waals surface area contributed by atoms with Gasteiger partial charge in [-0.3, -0.25) is 0 Å². The number of esters is 1. The maximum absolute atomic E-state index is 12.5. The molecule has 31 heavy (non-hydrogen) atoms. The fourth-order valence-corrected chi connectivity index (χ4v) is 3.05. The minimum atomic E-state index is -0.648. The first-order valence-electron chi connectivity index (χ1n) is 10.8. The van der Waals surface area contributed by atoms with Crippen molar-refractivity contribution < 1.29 is 28.9 Å². The van der Waals surface area contributed by atoms with Crippen LogP contribution in [0.15, 0.2) is 18.2 Å². The molecule has 0 saturated carbocycles. The molecule has 2 unspecified atom stereocenters. The van der Waals surface area contributed by atoms with Crippen LogP contribution >= 0.6 is 0 Å². The highest BCUT2D eigenvalue weighted by Gasteiger charge is 2.27. The standard InChI is InChI=1S/C23H38N2O6/c1-8-15(3)20(21(27)30-9-2)25-18-11-10-12-19(29-7)17(18)13-16(14-26)24-22(28)31-23(4,5)6/h10-12,15-16,20,25-26H,8-9,13-14H2,1-7H3,(H,24,28)/t15-,16?,20?/m0/s1. The Labute approximate surface area is 185 Å². The van der Waals surface area contributed by atoms with E-state index < -0.39 is 23.8 Å². The normalized spacial score (nSPS) is 14.2. The van der Waals surface area contributed by atoms with E-state index in [9.17, 15) is 14.7 Å². The summed E-state index contributed by atoms with van der Waals surface area (Å²) in [5.41, 5.74) is 0.768. The van der Waals surface area contributed by atoms with Crippen molar-refractivity contribution in [3.05, 3.63) is 23.8 Å². The largest absolute Gasteiger partial charge is 0.496 e. The molecule has 0 saturated heterocycles. The van der Waals surface area contributed by atoms with Gasteiger partial charge in [0.25, 0.3) is 0 Å². The van der Waals surface area contributed by atoms with Gasteiger partial charge >= 0.3 is 12.1 Å². The van der Waals surface area contributed by atoms with E-state index in [0.29, 0.717) is 18.0 Å². The number of ether oxygens (including phenoxy) is 3. The van der Waals surface area contributed by atoms with Gasteiger partial charge in [0, 0.05) is 17.7 Å². The zero-order chi connectivity index (χ0) is 23.6. The Hall–Kier alpha value is -2.48. The number of amides is 1. The zero-order valence-corrected chi connectivity index (χ0v) is 19.8. The molecule has 0 spiro atoms. The molecule has 1 amide bonds. The second-order valence-corrected chi connectivity index (χ2v) is 8.48. The van der Waals surface area contributed by atoms with E-state index in [0.717, 1.165) is 12.0 Å². The minimum Gasteiger partial charge on any atom is -0.496 e. The number of carbonyl (C=O) groups excluding carboxylic acids is 2. The summed E-state index contributed by atoms with van der Waals surface area (Å²) in [6.45, 7) is 11.1. The van der Waals surface area contributed by atoms with Crippen LogP contribution in [0.2, 0.25) is 0 Å². The van der Waals surface area contributed by atoms with Crippen LogP contribution in [0.4, 0.5) is 10.5 Å². The van der Waals surface area contributed by atoms with Gasteiger partial charge in [0.15, 0.2) is 0 Å². The number of hydrogen-bond acceptors (Lipinski definition) is 7. The molecule has 3 atom stereocenters. The highest BCUT2D eigenvalue weighted by atomic mass is 16.6. The van der Waals surface area contributed by atoms with E-state index >= 15 is 0 Å². The van der Waals surface area contributed by atoms with Crippen LogP contribution in [0, 0.1) is 5.92 Å². The molecule has 0 aliphatic heterocycles. The summed E-state index contributed by atoms with van der Waals surface area (Å²) in [5, 5.41) is 15.8. The molecular weight excluding hydrogens is 400 g/mol. The summed E-state index contributed by atoms with van der Waals surface area (Å²) in [5.74, 6) is 0.295. The summed E-state index contributed by atoms with van der Waals surface area (Å²) in [6.07, 6.45) is 0.452. The fraction of sp³-hybridized carbons (Fsp3) is 0.652. The summed E-state index contributed by atoms with van der Waals surface area (Å²) in [6, 6.07) is 4.32. The Kier molecular flexibility index (Phi) is 10.6. The third-order valence-electron chi connectivity index (χ3n) is 4.81. The number of carbonyl (C=O) groups is 2. The van der Waals surface area contributed by atoms with Crippen LogP contribution < -0.4 is 15.4 Å². The molecule has 3 N–H and O–H groups in total. The van der Waals surface area contributed by atoms with Crippen molar-refractivity contribution in [3.63, 3.8) is 0 Å². The van der Waals surface area contributed by atoms with Crippen molar-refractivity contribution in [2.75, 3.05) is 25.6 Å². The van der Waals surface area contributed by atoms with Crippen LogP contribution in [0.25, 0.3) is 0 Å². The van der Waals surface area contributed by atoms with Crippen LogP contribution in [-0.4, -0.2) is 55.2 Å². The number of hydrogen-bond donors (Lipinski definition) is 3. The Morgan fingerprint density at radius 2 is 1.87 bits per heavy atom. The number of aliphatic hydroxyl groups excluding tert-OH is 1. The van der Waals surface area contributed by atoms with Gasteiger partial charge in [0.1, 0.15) is 17.4 Å². The molecule has 0 fully saturated rings. The zero-order valence-electron chi connectivity index (χ0n) is 19.8. The maximum atomic E-state index is 12.5. The Balaban J connectivity index is 3.16. The Morgan fingerprint density at radius 1 is 1.19 bits per heavy atom. The lowest BCUT2D eigenvalue weighted by molar-refractivity contribution is -0.145. The first-order chi connectivity index (χ1) is 14.6. The number of alkyl carbamates (subject to hydrolysis) is 1. The average Bonchev–Trinajstić information content (AvgIpc) is 2.70. The second kappa shape index (κ2) is 12.4. The molecule has 1 aromatic carbocycles. The Morgan fingerprint density at radius 3 is 2.39 bits per heavy atom. The Bertz CT molecular complexity index is 717. The smallest absolute Gasteiger partial charge is 0.407 e. The lowest BCUT2D eigenvalue weighted by Crippen LogP contribution is -2.42. The van der Waals surface area contributed by atoms with Crippen LogP contribution in [0.3, 0.4) is 0 Å². The third-order valence-corrected chi connectivity index (χ3v) is 4.81. The van der Waals surface area contributed by atoms with Gasteiger partial charge in [0.2, 0.25) is 0 Å². The molecule has 0 heterocycles. The first-order valence-corrected chi connectivity index (χ1v) is 10.8. The molecular formula is C23H38N2O6. The number of methoxy groups -OCH3 is 1. The SMILES string of the molecule is CCOC(=O)C(Nc1cccc(OC)c1CC(CO)NC(=O)OC(C)(C)C)[C@@H](C)CC. The minimum absolute atomic E-state index is 0.0339. The highest BCUT2D eigenvalue weighted by Crippen LogP contribution is 2.30. The van der Waals surface area contributed by atoms with E-state index in [1.54, 1.807) is 40.9 Å². The summed E-state index contributed by atoms with van der Waals surface area (Å²) in [7, 11) is 1.55. The molecule has 1 rings (SSSR count). The van der Waals surface area contributed by atoms with E-state index in [2.05, 4.69) is 10.6 Å². The molecule has 8 nitrogen and oxygen atoms in total. The molecule has 8 heteroatoms. The topological polar surface area (TPSA) is 106 Å². The molecule has 1 aromatic rings. The van der Waals surface area contributed by atoms with Crippen molar-refractivity contribution in [2.45, 2.75) is 72.1 Å². The van der Waals surface area contributed by atoms with Crippen LogP contribution in [-0.2, 0) is 20.7 Å². The summed E-state index contributed by atoms with van der Waals surface area (Å²) < 4.78 is 16.1. The number of aliphatic hydroxyl groups is 1. The van der Waals surface area contributed by atoms with E-state index in [1.165, 1.54) is 0 Å². The van der Waals surface area contributed by atoms with Gasteiger partial charge in [-0.1, -0.05) is 26.3 Å². The van der Waals surface area contributed by atoms with Crippen molar-refractivity contribution >= 4 is 17.7 Å². The number of nitrogens with one attached hydrogen (secondary N) is 2. The van der Waals surface area contributed by atoms with Crippen molar-refractivity contribution in [1.82, 2.24) is 5.32 Å². The third kappa shape index (κ3) is 8.65. The number of rotatable bonds is 11. The monoisotopic (exact) mass is 438 g/mol. The fourth-order valence-electron chi connectivity index (χ4n) is 3.05. The second-order valence-electron chi connectivity index (χ2n) is 8.48. The van der Waals surface area contributed by atoms with Crippen LogP contribution in [0.1, 0.15) is 53.5 Å². The van der Waals surface area contributed by atoms with Gasteiger partial charge in [-0.2, -0.15) is 0 Å². The summed E-state index contributed by atoms with van der Waals surface area (Å²) >= 11 is 0. The summed E-state index contributed by atoms with van der Waals surface area (Å²) in [4.78, 5) is 24.7. The van der Waals surface area contributed by atoms with Gasteiger partial charge in [-0.15, -0.1) is 0 Å². The molecule has 0 aromatic heterocycles. The maximum Gasteiger partial charge on any atom is 0.407 e. The molecule has 0 aliphatic rings. The lowest BCUT2D eigenvalue weighted by Gasteiger charge is -2.27. The quantitative estimate of drug-likeness (QED) is 0.454. The average molecular weight is 439 g/mol.